The summed E-state index contributed by atoms with van der Waals surface area (Å²) >= 11 is 19.0. The number of nitrogens with two attached hydrogens (primary N) is 1. The van der Waals surface area contributed by atoms with E-state index in [-0.39, 0.29) is 24.1 Å². The number of anilines is 2. The first kappa shape index (κ1) is 28.7. The summed E-state index contributed by atoms with van der Waals surface area (Å²) in [5, 5.41) is 17.8. The minimum Gasteiger partial charge on any atom is -0.393 e. The lowest BCUT2D eigenvalue weighted by molar-refractivity contribution is -0.128. The van der Waals surface area contributed by atoms with Crippen molar-refractivity contribution >= 4 is 70.8 Å². The summed E-state index contributed by atoms with van der Waals surface area (Å²) in [6, 6.07) is 3.25. The second-order valence-electron chi connectivity index (χ2n) is 10.5. The van der Waals surface area contributed by atoms with Crippen molar-refractivity contribution in [3.8, 4) is 0 Å². The number of nitrogens with zero attached hydrogens (tertiary/aromatic N) is 4. The normalized spacial score (nSPS) is 26.2. The van der Waals surface area contributed by atoms with Crippen LogP contribution < -0.4 is 16.4 Å². The summed E-state index contributed by atoms with van der Waals surface area (Å²) in [6.45, 7) is 7.49. The summed E-state index contributed by atoms with van der Waals surface area (Å²) in [7, 11) is 0. The molecule has 2 saturated carbocycles. The van der Waals surface area contributed by atoms with Gasteiger partial charge in [0.15, 0.2) is 5.82 Å². The van der Waals surface area contributed by atoms with Crippen LogP contribution in [-0.2, 0) is 4.79 Å². The molecule has 0 bridgehead atoms. The highest BCUT2D eigenvalue weighted by molar-refractivity contribution is 6.41. The second-order valence-corrected chi connectivity index (χ2v) is 11.7. The molecule has 0 saturated heterocycles. The molecule has 1 aromatic heterocycles. The standard InChI is InChI=1S/C26H34Cl3N7O2/c1-14-22(35-24(31-3)33-16-5-4-6-18(37)13-16)36(17-7-9-26(2,10-8-17)23(30)38)25(32-14)34-21-19(28)11-15(27)12-20(21)29/h11-12,16-18,37H,3-10,13H2,1-2H3,(H2,30,38)(H,32,34)(H,33,35)/t16-,17-,18+,26+/m1/s1. The van der Waals surface area contributed by atoms with E-state index in [2.05, 4.69) is 22.3 Å². The van der Waals surface area contributed by atoms with Crippen LogP contribution in [0, 0.1) is 12.3 Å². The summed E-state index contributed by atoms with van der Waals surface area (Å²) < 4.78 is 2.01. The molecule has 206 valence electrons. The number of aryl methyl sites for hydroxylation is 1. The number of amides is 1. The Kier molecular flexibility index (Phi) is 8.92. The molecule has 0 unspecified atom stereocenters. The molecule has 2 aliphatic rings. The number of primary amides is 1. The maximum atomic E-state index is 12.1. The zero-order chi connectivity index (χ0) is 27.6. The third kappa shape index (κ3) is 6.28. The van der Waals surface area contributed by atoms with Gasteiger partial charge in [-0.15, -0.1) is 0 Å². The molecule has 2 aromatic rings. The smallest absolute Gasteiger partial charge is 0.224 e. The SMILES string of the molecule is C=N/C(=N\c1c(C)nc(Nc2c(Cl)cc(Cl)cc2Cl)n1[C@H]1CC[C@@](C)(C(N)=O)CC1)N[C@@H]1CCC[C@H](O)C1. The third-order valence-electron chi connectivity index (χ3n) is 7.66. The largest absolute Gasteiger partial charge is 0.393 e. The number of carbonyl (C=O) groups excluding carboxylic acids is 1. The van der Waals surface area contributed by atoms with Crippen molar-refractivity contribution < 1.29 is 9.90 Å². The molecule has 38 heavy (non-hydrogen) atoms. The van der Waals surface area contributed by atoms with Gasteiger partial charge in [-0.25, -0.2) is 9.98 Å². The molecule has 2 fully saturated rings. The van der Waals surface area contributed by atoms with Gasteiger partial charge in [-0.3, -0.25) is 9.36 Å². The molecule has 12 heteroatoms. The number of imidazole rings is 1. The Balaban J connectivity index is 1.73. The fourth-order valence-electron chi connectivity index (χ4n) is 5.32. The zero-order valence-electron chi connectivity index (χ0n) is 21.6. The molecule has 1 aromatic carbocycles. The van der Waals surface area contributed by atoms with Gasteiger partial charge >= 0.3 is 0 Å². The highest BCUT2D eigenvalue weighted by Crippen LogP contribution is 2.45. The van der Waals surface area contributed by atoms with E-state index in [4.69, 9.17) is 50.5 Å². The summed E-state index contributed by atoms with van der Waals surface area (Å²) in [5.74, 6) is 1.19. The molecule has 0 aliphatic heterocycles. The van der Waals surface area contributed by atoms with Gasteiger partial charge < -0.3 is 21.5 Å². The highest BCUT2D eigenvalue weighted by atomic mass is 35.5. The molecule has 5 N–H and O–H groups in total. The maximum Gasteiger partial charge on any atom is 0.224 e. The Morgan fingerprint density at radius 2 is 1.87 bits per heavy atom. The number of aliphatic hydroxyl groups excluding tert-OH is 1. The molecular formula is C26H34Cl3N7O2. The van der Waals surface area contributed by atoms with Crippen molar-refractivity contribution in [3.63, 3.8) is 0 Å². The van der Waals surface area contributed by atoms with Gasteiger partial charge in [0.05, 0.1) is 27.5 Å². The lowest BCUT2D eigenvalue weighted by Crippen LogP contribution is -2.39. The molecule has 1 amide bonds. The predicted octanol–water partition coefficient (Wildman–Crippen LogP) is 6.08. The van der Waals surface area contributed by atoms with Crippen LogP contribution in [0.15, 0.2) is 22.1 Å². The Bertz CT molecular complexity index is 1210. The van der Waals surface area contributed by atoms with E-state index in [0.717, 1.165) is 19.3 Å². The fourth-order valence-corrected chi connectivity index (χ4v) is 6.23. The Hall–Kier alpha value is -2.33. The number of hydrogen-bond donors (Lipinski definition) is 4. The molecule has 4 rings (SSSR count). The summed E-state index contributed by atoms with van der Waals surface area (Å²) in [4.78, 5) is 25.8. The maximum absolute atomic E-state index is 12.1. The topological polar surface area (TPSA) is 130 Å². The Labute approximate surface area is 237 Å². The monoisotopic (exact) mass is 581 g/mol. The number of guanidine groups is 1. The fraction of sp³-hybridized carbons (Fsp3) is 0.538. The minimum absolute atomic E-state index is 0.0164. The van der Waals surface area contributed by atoms with Crippen molar-refractivity contribution in [1.82, 2.24) is 14.9 Å². The second kappa shape index (κ2) is 11.8. The number of halogens is 3. The first-order valence-corrected chi connectivity index (χ1v) is 13.9. The van der Waals surface area contributed by atoms with Crippen molar-refractivity contribution in [2.75, 3.05) is 5.32 Å². The molecule has 0 radical (unpaired) electrons. The average Bonchev–Trinajstić information content (AvgIpc) is 3.15. The van der Waals surface area contributed by atoms with Gasteiger partial charge in [-0.05, 0) is 77.1 Å². The number of aliphatic imine (C=N–C) groups is 2. The number of nitrogens with one attached hydrogen (secondary N) is 2. The average molecular weight is 583 g/mol. The lowest BCUT2D eigenvalue weighted by Gasteiger charge is -2.36. The van der Waals surface area contributed by atoms with E-state index < -0.39 is 5.41 Å². The van der Waals surface area contributed by atoms with Crippen molar-refractivity contribution in [2.45, 2.75) is 83.4 Å². The minimum atomic E-state index is -0.552. The number of aromatic nitrogens is 2. The van der Waals surface area contributed by atoms with E-state index in [1.165, 1.54) is 0 Å². The van der Waals surface area contributed by atoms with Gasteiger partial charge in [0.25, 0.3) is 0 Å². The third-order valence-corrected chi connectivity index (χ3v) is 8.47. The molecule has 2 atom stereocenters. The van der Waals surface area contributed by atoms with Crippen LogP contribution >= 0.6 is 34.8 Å². The lowest BCUT2D eigenvalue weighted by atomic mass is 9.73. The van der Waals surface area contributed by atoms with E-state index >= 15 is 0 Å². The van der Waals surface area contributed by atoms with Crippen LogP contribution in [0.3, 0.4) is 0 Å². The van der Waals surface area contributed by atoms with Gasteiger partial charge in [0.2, 0.25) is 17.8 Å². The molecule has 1 heterocycles. The highest BCUT2D eigenvalue weighted by Gasteiger charge is 2.38. The van der Waals surface area contributed by atoms with Gasteiger partial charge in [-0.1, -0.05) is 41.7 Å². The van der Waals surface area contributed by atoms with Crippen LogP contribution in [0.1, 0.15) is 70.0 Å². The number of rotatable bonds is 6. The predicted molar refractivity (Wildman–Crippen MR) is 155 cm³/mol. The number of aliphatic hydroxyl groups is 1. The number of hydrogen-bond acceptors (Lipinski definition) is 5. The Morgan fingerprint density at radius 1 is 1.21 bits per heavy atom. The van der Waals surface area contributed by atoms with Crippen LogP contribution in [0.5, 0.6) is 0 Å². The molecule has 9 nitrogen and oxygen atoms in total. The number of benzene rings is 1. The van der Waals surface area contributed by atoms with E-state index in [1.54, 1.807) is 12.1 Å². The zero-order valence-corrected chi connectivity index (χ0v) is 23.9. The van der Waals surface area contributed by atoms with Crippen molar-refractivity contribution in [2.24, 2.45) is 21.1 Å². The Morgan fingerprint density at radius 3 is 2.45 bits per heavy atom. The van der Waals surface area contributed by atoms with E-state index in [0.29, 0.717) is 76.3 Å². The molecule has 0 spiro atoms. The van der Waals surface area contributed by atoms with E-state index in [1.807, 2.05) is 18.4 Å². The first-order valence-electron chi connectivity index (χ1n) is 12.8. The summed E-state index contributed by atoms with van der Waals surface area (Å²) in [5.41, 5.74) is 6.30. The number of carbonyl (C=O) groups is 1. The first-order chi connectivity index (χ1) is 18.0. The molecular weight excluding hydrogens is 549 g/mol. The quantitative estimate of drug-likeness (QED) is 0.242. The van der Waals surface area contributed by atoms with Crippen molar-refractivity contribution in [3.05, 3.63) is 32.9 Å². The van der Waals surface area contributed by atoms with Crippen LogP contribution in [-0.4, -0.2) is 45.4 Å². The van der Waals surface area contributed by atoms with E-state index in [9.17, 15) is 9.90 Å². The van der Waals surface area contributed by atoms with Gasteiger partial charge in [0.1, 0.15) is 0 Å². The molecule has 2 aliphatic carbocycles. The van der Waals surface area contributed by atoms with Crippen LogP contribution in [0.25, 0.3) is 0 Å². The van der Waals surface area contributed by atoms with Gasteiger partial charge in [-0.2, -0.15) is 4.99 Å². The summed E-state index contributed by atoms with van der Waals surface area (Å²) in [6.07, 6.45) is 5.61. The van der Waals surface area contributed by atoms with Crippen LogP contribution in [0.4, 0.5) is 17.5 Å². The van der Waals surface area contributed by atoms with Crippen LogP contribution in [0.2, 0.25) is 15.1 Å². The van der Waals surface area contributed by atoms with Gasteiger partial charge in [0, 0.05) is 22.5 Å². The van der Waals surface area contributed by atoms with Crippen molar-refractivity contribution in [1.29, 1.82) is 0 Å².